The summed E-state index contributed by atoms with van der Waals surface area (Å²) in [7, 11) is 2.06. The first kappa shape index (κ1) is 13.4. The Balaban J connectivity index is 3.39. The first-order valence-electron chi connectivity index (χ1n) is 5.29. The van der Waals surface area contributed by atoms with Crippen molar-refractivity contribution in [2.75, 3.05) is 26.7 Å². The van der Waals surface area contributed by atoms with Crippen molar-refractivity contribution in [1.29, 1.82) is 0 Å². The molecule has 14 heavy (non-hydrogen) atoms. The zero-order valence-corrected chi connectivity index (χ0v) is 9.55. The Morgan fingerprint density at radius 2 is 2.14 bits per heavy atom. The first-order valence-corrected chi connectivity index (χ1v) is 5.29. The van der Waals surface area contributed by atoms with Crippen LogP contribution in [0.15, 0.2) is 0 Å². The number of nitrogens with zero attached hydrogens (tertiary/aromatic N) is 1. The number of unbranched alkanes of at least 4 members (excludes halogenated alkanes) is 1. The van der Waals surface area contributed by atoms with Crippen molar-refractivity contribution in [3.8, 4) is 0 Å². The summed E-state index contributed by atoms with van der Waals surface area (Å²) in [4.78, 5) is 13.3. The number of carbonyl (C=O) groups is 1. The van der Waals surface area contributed by atoms with Crippen LogP contribution in [0, 0.1) is 0 Å². The van der Waals surface area contributed by atoms with Crippen molar-refractivity contribution >= 4 is 5.91 Å². The fourth-order valence-corrected chi connectivity index (χ4v) is 1.07. The van der Waals surface area contributed by atoms with Crippen LogP contribution in [0.2, 0.25) is 0 Å². The van der Waals surface area contributed by atoms with Gasteiger partial charge in [-0.2, -0.15) is 0 Å². The molecule has 0 rings (SSSR count). The van der Waals surface area contributed by atoms with Crippen LogP contribution in [0.3, 0.4) is 0 Å². The van der Waals surface area contributed by atoms with Gasteiger partial charge in [0.25, 0.3) is 0 Å². The van der Waals surface area contributed by atoms with Crippen LogP contribution >= 0.6 is 0 Å². The third-order valence-corrected chi connectivity index (χ3v) is 2.10. The Labute approximate surface area is 86.8 Å². The van der Waals surface area contributed by atoms with E-state index in [-0.39, 0.29) is 5.91 Å². The van der Waals surface area contributed by atoms with Crippen LogP contribution in [-0.4, -0.2) is 43.5 Å². The van der Waals surface area contributed by atoms with E-state index in [0.29, 0.717) is 6.54 Å². The summed E-state index contributed by atoms with van der Waals surface area (Å²) in [5.41, 5.74) is 5.41. The van der Waals surface area contributed by atoms with Gasteiger partial charge in [-0.3, -0.25) is 4.79 Å². The maximum Gasteiger partial charge on any atom is 0.236 e. The number of likely N-dealkylation sites (N-methyl/N-ethyl adjacent to an activating group) is 1. The normalized spacial score (nSPS) is 12.9. The van der Waals surface area contributed by atoms with Crippen molar-refractivity contribution in [3.05, 3.63) is 0 Å². The third-order valence-electron chi connectivity index (χ3n) is 2.10. The highest BCUT2D eigenvalue weighted by Gasteiger charge is 2.05. The Bertz CT molecular complexity index is 159. The van der Waals surface area contributed by atoms with Gasteiger partial charge in [0, 0.05) is 13.1 Å². The van der Waals surface area contributed by atoms with Gasteiger partial charge in [0.05, 0.1) is 6.04 Å². The molecule has 0 aromatic rings. The van der Waals surface area contributed by atoms with Gasteiger partial charge >= 0.3 is 0 Å². The van der Waals surface area contributed by atoms with Crippen LogP contribution in [0.25, 0.3) is 0 Å². The maximum atomic E-state index is 11.1. The van der Waals surface area contributed by atoms with Crippen molar-refractivity contribution in [3.63, 3.8) is 0 Å². The van der Waals surface area contributed by atoms with E-state index in [1.165, 1.54) is 12.8 Å². The summed E-state index contributed by atoms with van der Waals surface area (Å²) in [6.07, 6.45) is 2.41. The smallest absolute Gasteiger partial charge is 0.236 e. The molecule has 0 aliphatic heterocycles. The van der Waals surface area contributed by atoms with Gasteiger partial charge in [-0.25, -0.2) is 0 Å². The number of hydrogen-bond donors (Lipinski definition) is 2. The minimum atomic E-state index is -0.407. The minimum Gasteiger partial charge on any atom is -0.353 e. The van der Waals surface area contributed by atoms with Gasteiger partial charge in [-0.1, -0.05) is 13.3 Å². The van der Waals surface area contributed by atoms with Gasteiger partial charge in [0.15, 0.2) is 0 Å². The van der Waals surface area contributed by atoms with E-state index >= 15 is 0 Å². The summed E-state index contributed by atoms with van der Waals surface area (Å²) in [6.45, 7) is 6.52. The Morgan fingerprint density at radius 3 is 2.64 bits per heavy atom. The van der Waals surface area contributed by atoms with Gasteiger partial charge in [-0.05, 0) is 26.9 Å². The molecule has 84 valence electrons. The fraction of sp³-hybridized carbons (Fsp3) is 0.900. The average molecular weight is 201 g/mol. The molecule has 3 N–H and O–H groups in total. The lowest BCUT2D eigenvalue weighted by Crippen LogP contribution is -2.41. The summed E-state index contributed by atoms with van der Waals surface area (Å²) < 4.78 is 0. The van der Waals surface area contributed by atoms with Gasteiger partial charge in [0.2, 0.25) is 5.91 Å². The SMILES string of the molecule is CCCCN(C)CCNC(=O)C(C)N. The Hall–Kier alpha value is -0.610. The van der Waals surface area contributed by atoms with Gasteiger partial charge in [0.1, 0.15) is 0 Å². The molecule has 4 heteroatoms. The maximum absolute atomic E-state index is 11.1. The molecule has 0 aliphatic carbocycles. The lowest BCUT2D eigenvalue weighted by atomic mass is 10.3. The highest BCUT2D eigenvalue weighted by atomic mass is 16.2. The number of rotatable bonds is 7. The molecule has 0 radical (unpaired) electrons. The first-order chi connectivity index (χ1) is 6.57. The fourth-order valence-electron chi connectivity index (χ4n) is 1.07. The molecule has 4 nitrogen and oxygen atoms in total. The molecule has 0 spiro atoms. The number of amides is 1. The monoisotopic (exact) mass is 201 g/mol. The molecule has 0 heterocycles. The molecule has 0 fully saturated rings. The largest absolute Gasteiger partial charge is 0.353 e. The second-order valence-electron chi connectivity index (χ2n) is 3.74. The molecule has 1 atom stereocenters. The van der Waals surface area contributed by atoms with Crippen LogP contribution in [0.5, 0.6) is 0 Å². The molecule has 0 aromatic heterocycles. The van der Waals surface area contributed by atoms with E-state index in [0.717, 1.165) is 13.1 Å². The number of hydrogen-bond acceptors (Lipinski definition) is 3. The van der Waals surface area contributed by atoms with Crippen molar-refractivity contribution in [2.45, 2.75) is 32.7 Å². The molecular weight excluding hydrogens is 178 g/mol. The zero-order chi connectivity index (χ0) is 11.0. The molecule has 0 bridgehead atoms. The molecule has 1 unspecified atom stereocenters. The van der Waals surface area contributed by atoms with E-state index in [4.69, 9.17) is 5.73 Å². The zero-order valence-electron chi connectivity index (χ0n) is 9.55. The number of nitrogens with two attached hydrogens (primary N) is 1. The van der Waals surface area contributed by atoms with Gasteiger partial charge < -0.3 is 16.0 Å². The Kier molecular flexibility index (Phi) is 7.42. The quantitative estimate of drug-likeness (QED) is 0.618. The molecule has 0 saturated heterocycles. The Morgan fingerprint density at radius 1 is 1.50 bits per heavy atom. The summed E-state index contributed by atoms with van der Waals surface area (Å²) in [5, 5.41) is 2.78. The van der Waals surface area contributed by atoms with Crippen LogP contribution in [-0.2, 0) is 4.79 Å². The van der Waals surface area contributed by atoms with E-state index in [9.17, 15) is 4.79 Å². The van der Waals surface area contributed by atoms with Crippen molar-refractivity contribution in [1.82, 2.24) is 10.2 Å². The highest BCUT2D eigenvalue weighted by molar-refractivity contribution is 5.80. The van der Waals surface area contributed by atoms with E-state index in [1.54, 1.807) is 6.92 Å². The second kappa shape index (κ2) is 7.76. The minimum absolute atomic E-state index is 0.0751. The predicted molar refractivity (Wildman–Crippen MR) is 59.1 cm³/mol. The van der Waals surface area contributed by atoms with Crippen molar-refractivity contribution < 1.29 is 4.79 Å². The topological polar surface area (TPSA) is 58.4 Å². The predicted octanol–water partition coefficient (Wildman–Crippen LogP) is 0.182. The molecule has 0 aromatic carbocycles. The highest BCUT2D eigenvalue weighted by Crippen LogP contribution is 1.90. The van der Waals surface area contributed by atoms with E-state index in [1.807, 2.05) is 0 Å². The van der Waals surface area contributed by atoms with Crippen LogP contribution in [0.4, 0.5) is 0 Å². The van der Waals surface area contributed by atoms with E-state index in [2.05, 4.69) is 24.2 Å². The molecule has 1 amide bonds. The van der Waals surface area contributed by atoms with Gasteiger partial charge in [-0.15, -0.1) is 0 Å². The summed E-state index contributed by atoms with van der Waals surface area (Å²) >= 11 is 0. The lowest BCUT2D eigenvalue weighted by molar-refractivity contribution is -0.122. The lowest BCUT2D eigenvalue weighted by Gasteiger charge is -2.16. The second-order valence-corrected chi connectivity index (χ2v) is 3.74. The number of carbonyl (C=O) groups excluding carboxylic acids is 1. The standard InChI is InChI=1S/C10H23N3O/c1-4-5-7-13(3)8-6-12-10(14)9(2)11/h9H,4-8,11H2,1-3H3,(H,12,14). The van der Waals surface area contributed by atoms with Crippen molar-refractivity contribution in [2.24, 2.45) is 5.73 Å². The molecular formula is C10H23N3O. The molecule has 0 saturated carbocycles. The van der Waals surface area contributed by atoms with Crippen LogP contribution < -0.4 is 11.1 Å². The molecule has 0 aliphatic rings. The summed E-state index contributed by atoms with van der Waals surface area (Å²) in [6, 6.07) is -0.407. The third kappa shape index (κ3) is 6.86. The van der Waals surface area contributed by atoms with Crippen LogP contribution in [0.1, 0.15) is 26.7 Å². The summed E-state index contributed by atoms with van der Waals surface area (Å²) in [5.74, 6) is -0.0751. The number of nitrogens with one attached hydrogen (secondary N) is 1. The van der Waals surface area contributed by atoms with E-state index < -0.39 is 6.04 Å². The average Bonchev–Trinajstić information content (AvgIpc) is 2.14.